The van der Waals surface area contributed by atoms with Gasteiger partial charge in [0.25, 0.3) is 0 Å². The molecule has 68 valence electrons. The molecule has 0 aliphatic rings. The lowest BCUT2D eigenvalue weighted by Crippen LogP contribution is -1.94. The van der Waals surface area contributed by atoms with E-state index in [9.17, 15) is 9.18 Å². The molecule has 0 amide bonds. The van der Waals surface area contributed by atoms with E-state index in [-0.39, 0.29) is 0 Å². The predicted octanol–water partition coefficient (Wildman–Crippen LogP) is 1.79. The zero-order chi connectivity index (χ0) is 9.84. The number of rotatable bonds is 2. The first-order valence-corrected chi connectivity index (χ1v) is 3.62. The van der Waals surface area contributed by atoms with E-state index in [4.69, 9.17) is 5.11 Å². The molecule has 3 nitrogen and oxygen atoms in total. The third kappa shape index (κ3) is 2.37. The van der Waals surface area contributed by atoms with E-state index < -0.39 is 11.8 Å². The lowest BCUT2D eigenvalue weighted by molar-refractivity contribution is -0.134. The average Bonchev–Trinajstić information content (AvgIpc) is 2.08. The Balaban J connectivity index is 3.04. The second-order valence-corrected chi connectivity index (χ2v) is 2.53. The van der Waals surface area contributed by atoms with Gasteiger partial charge in [0.1, 0.15) is 0 Å². The van der Waals surface area contributed by atoms with Crippen molar-refractivity contribution in [1.82, 2.24) is 4.98 Å². The number of aryl methyl sites for hydroxylation is 1. The van der Waals surface area contributed by atoms with Crippen molar-refractivity contribution in [2.45, 2.75) is 6.92 Å². The summed E-state index contributed by atoms with van der Waals surface area (Å²) in [7, 11) is 0. The smallest absolute Gasteiger partial charge is 0.364 e. The van der Waals surface area contributed by atoms with Crippen LogP contribution in [0.5, 0.6) is 0 Å². The molecule has 1 aromatic rings. The van der Waals surface area contributed by atoms with Crippen molar-refractivity contribution >= 4 is 12.0 Å². The molecular weight excluding hydrogens is 173 g/mol. The van der Waals surface area contributed by atoms with Crippen molar-refractivity contribution in [3.63, 3.8) is 0 Å². The van der Waals surface area contributed by atoms with Gasteiger partial charge in [-0.25, -0.2) is 4.79 Å². The molecule has 0 aliphatic carbocycles. The molecule has 0 aromatic carbocycles. The van der Waals surface area contributed by atoms with E-state index >= 15 is 0 Å². The van der Waals surface area contributed by atoms with Crippen molar-refractivity contribution in [3.8, 4) is 0 Å². The van der Waals surface area contributed by atoms with Crippen LogP contribution in [0.1, 0.15) is 11.1 Å². The van der Waals surface area contributed by atoms with Crippen LogP contribution >= 0.6 is 0 Å². The number of nitrogens with zero attached hydrogens (tertiary/aromatic N) is 1. The summed E-state index contributed by atoms with van der Waals surface area (Å²) in [5.41, 5.74) is 1.26. The van der Waals surface area contributed by atoms with Gasteiger partial charge in [-0.3, -0.25) is 4.98 Å². The van der Waals surface area contributed by atoms with Crippen molar-refractivity contribution in [1.29, 1.82) is 0 Å². The number of carboxylic acid groups (broad SMARTS) is 1. The second-order valence-electron chi connectivity index (χ2n) is 2.53. The van der Waals surface area contributed by atoms with E-state index in [1.54, 1.807) is 19.2 Å². The molecule has 0 aliphatic heterocycles. The number of hydrogen-bond donors (Lipinski definition) is 1. The van der Waals surface area contributed by atoms with Crippen molar-refractivity contribution in [2.24, 2.45) is 0 Å². The van der Waals surface area contributed by atoms with Gasteiger partial charge in [-0.1, -0.05) is 0 Å². The normalized spacial score (nSPS) is 11.4. The molecule has 0 saturated carbocycles. The standard InChI is InChI=1S/C9H8FNO2/c1-6-2-3-11-5-7(6)4-8(10)9(12)13/h2-5H,1H3,(H,12,13)/b8-4+. The maximum Gasteiger partial charge on any atom is 0.364 e. The predicted molar refractivity (Wildman–Crippen MR) is 45.7 cm³/mol. The van der Waals surface area contributed by atoms with E-state index in [1.165, 1.54) is 6.20 Å². The van der Waals surface area contributed by atoms with Crippen LogP contribution in [0.25, 0.3) is 6.08 Å². The third-order valence-corrected chi connectivity index (χ3v) is 1.57. The van der Waals surface area contributed by atoms with Crippen LogP contribution in [-0.2, 0) is 4.79 Å². The minimum atomic E-state index is -1.57. The molecule has 4 heteroatoms. The molecule has 0 radical (unpaired) electrons. The van der Waals surface area contributed by atoms with E-state index in [1.807, 2.05) is 0 Å². The number of aliphatic carboxylic acids is 1. The fraction of sp³-hybridized carbons (Fsp3) is 0.111. The molecule has 0 spiro atoms. The molecule has 13 heavy (non-hydrogen) atoms. The SMILES string of the molecule is Cc1ccncc1/C=C(/F)C(=O)O. The van der Waals surface area contributed by atoms with Gasteiger partial charge in [0.05, 0.1) is 0 Å². The average molecular weight is 181 g/mol. The number of hydrogen-bond acceptors (Lipinski definition) is 2. The lowest BCUT2D eigenvalue weighted by Gasteiger charge is -1.97. The van der Waals surface area contributed by atoms with Gasteiger partial charge in [-0.05, 0) is 30.2 Å². The zero-order valence-corrected chi connectivity index (χ0v) is 6.99. The van der Waals surface area contributed by atoms with Gasteiger partial charge in [0.2, 0.25) is 5.83 Å². The van der Waals surface area contributed by atoms with Crippen LogP contribution in [0.4, 0.5) is 4.39 Å². The molecular formula is C9H8FNO2. The monoisotopic (exact) mass is 181 g/mol. The maximum atomic E-state index is 12.6. The van der Waals surface area contributed by atoms with Crippen molar-refractivity contribution in [2.75, 3.05) is 0 Å². The van der Waals surface area contributed by atoms with Crippen LogP contribution in [0.15, 0.2) is 24.3 Å². The fourth-order valence-corrected chi connectivity index (χ4v) is 0.826. The minimum absolute atomic E-state index is 0.474. The third-order valence-electron chi connectivity index (χ3n) is 1.57. The van der Waals surface area contributed by atoms with Crippen molar-refractivity contribution < 1.29 is 14.3 Å². The van der Waals surface area contributed by atoms with Crippen LogP contribution < -0.4 is 0 Å². The summed E-state index contributed by atoms with van der Waals surface area (Å²) in [5, 5.41) is 8.27. The number of halogens is 1. The first-order chi connectivity index (χ1) is 6.11. The Bertz CT molecular complexity index is 360. The van der Waals surface area contributed by atoms with Gasteiger partial charge in [0.15, 0.2) is 0 Å². The quantitative estimate of drug-likeness (QED) is 0.707. The molecule has 1 heterocycles. The molecule has 0 bridgehead atoms. The number of carboxylic acids is 1. The highest BCUT2D eigenvalue weighted by molar-refractivity contribution is 5.89. The molecule has 0 fully saturated rings. The Morgan fingerprint density at radius 3 is 2.92 bits per heavy atom. The number of carbonyl (C=O) groups is 1. The number of pyridine rings is 1. The first kappa shape index (κ1) is 9.38. The second kappa shape index (κ2) is 3.80. The highest BCUT2D eigenvalue weighted by Gasteiger charge is 2.05. The van der Waals surface area contributed by atoms with Crippen LogP contribution in [0.2, 0.25) is 0 Å². The Hall–Kier alpha value is -1.71. The summed E-state index contributed by atoms with van der Waals surface area (Å²) in [6, 6.07) is 1.68. The Morgan fingerprint density at radius 2 is 2.38 bits per heavy atom. The summed E-state index contributed by atoms with van der Waals surface area (Å²) in [6.07, 6.45) is 3.92. The summed E-state index contributed by atoms with van der Waals surface area (Å²) in [5.74, 6) is -2.75. The van der Waals surface area contributed by atoms with Crippen LogP contribution in [-0.4, -0.2) is 16.1 Å². The zero-order valence-electron chi connectivity index (χ0n) is 6.99. The molecule has 0 unspecified atom stereocenters. The number of aromatic nitrogens is 1. The van der Waals surface area contributed by atoms with E-state index in [2.05, 4.69) is 4.98 Å². The molecule has 0 atom stereocenters. The van der Waals surface area contributed by atoms with Gasteiger partial charge >= 0.3 is 5.97 Å². The highest BCUT2D eigenvalue weighted by Crippen LogP contribution is 2.11. The molecule has 0 saturated heterocycles. The minimum Gasteiger partial charge on any atom is -0.476 e. The van der Waals surface area contributed by atoms with Gasteiger partial charge in [0, 0.05) is 12.4 Å². The van der Waals surface area contributed by atoms with Gasteiger partial charge < -0.3 is 5.11 Å². The molecule has 1 N–H and O–H groups in total. The fourth-order valence-electron chi connectivity index (χ4n) is 0.826. The lowest BCUT2D eigenvalue weighted by atomic mass is 10.1. The summed E-state index contributed by atoms with van der Waals surface area (Å²) >= 11 is 0. The van der Waals surface area contributed by atoms with Crippen LogP contribution in [0.3, 0.4) is 0 Å². The molecule has 1 aromatic heterocycles. The Kier molecular flexibility index (Phi) is 2.74. The highest BCUT2D eigenvalue weighted by atomic mass is 19.1. The topological polar surface area (TPSA) is 50.2 Å². The van der Waals surface area contributed by atoms with E-state index in [0.29, 0.717) is 5.56 Å². The first-order valence-electron chi connectivity index (χ1n) is 3.62. The van der Waals surface area contributed by atoms with Crippen molar-refractivity contribution in [3.05, 3.63) is 35.4 Å². The summed E-state index contributed by atoms with van der Waals surface area (Å²) in [4.78, 5) is 13.9. The Labute approximate surface area is 74.5 Å². The summed E-state index contributed by atoms with van der Waals surface area (Å²) < 4.78 is 12.6. The van der Waals surface area contributed by atoms with Gasteiger partial charge in [-0.2, -0.15) is 4.39 Å². The van der Waals surface area contributed by atoms with Gasteiger partial charge in [-0.15, -0.1) is 0 Å². The Morgan fingerprint density at radius 1 is 1.69 bits per heavy atom. The van der Waals surface area contributed by atoms with E-state index in [0.717, 1.165) is 11.6 Å². The molecule has 1 rings (SSSR count). The van der Waals surface area contributed by atoms with Crippen LogP contribution in [0, 0.1) is 6.92 Å². The maximum absolute atomic E-state index is 12.6. The summed E-state index contributed by atoms with van der Waals surface area (Å²) in [6.45, 7) is 1.75. The largest absolute Gasteiger partial charge is 0.476 e.